The number of amides is 1. The maximum Gasteiger partial charge on any atom is 0.233 e. The van der Waals surface area contributed by atoms with Gasteiger partial charge in [0.15, 0.2) is 20.8 Å². The summed E-state index contributed by atoms with van der Waals surface area (Å²) >= 11 is 7.32. The van der Waals surface area contributed by atoms with Crippen molar-refractivity contribution >= 4 is 39.1 Å². The molecule has 2 aromatic carbocycles. The van der Waals surface area contributed by atoms with Crippen molar-refractivity contribution in [1.29, 1.82) is 0 Å². The fourth-order valence-electron chi connectivity index (χ4n) is 3.66. The number of aryl methyl sites for hydroxylation is 1. The summed E-state index contributed by atoms with van der Waals surface area (Å²) in [5, 5.41) is 9.95. The summed E-state index contributed by atoms with van der Waals surface area (Å²) in [4.78, 5) is 14.3. The van der Waals surface area contributed by atoms with Gasteiger partial charge in [0.2, 0.25) is 5.91 Å². The van der Waals surface area contributed by atoms with Crippen LogP contribution in [0.4, 0.5) is 0 Å². The zero-order valence-corrected chi connectivity index (χ0v) is 20.1. The molecule has 1 amide bonds. The SMILES string of the molecule is Cc1cccc(-n2c(SCC(=O)N(C)[C@@H]3CCS(=O)(=O)C3)nnc2-c2ccc(Cl)cc2)c1. The predicted molar refractivity (Wildman–Crippen MR) is 127 cm³/mol. The third-order valence-corrected chi connectivity index (χ3v) is 8.39. The summed E-state index contributed by atoms with van der Waals surface area (Å²) in [5.74, 6) is 0.813. The second kappa shape index (κ2) is 9.25. The van der Waals surface area contributed by atoms with E-state index in [0.717, 1.165) is 16.8 Å². The van der Waals surface area contributed by atoms with E-state index >= 15 is 0 Å². The molecule has 0 unspecified atom stereocenters. The van der Waals surface area contributed by atoms with Crippen LogP contribution in [0.5, 0.6) is 0 Å². The maximum atomic E-state index is 12.8. The minimum absolute atomic E-state index is 0.0279. The second-order valence-electron chi connectivity index (χ2n) is 7.84. The monoisotopic (exact) mass is 490 g/mol. The lowest BCUT2D eigenvalue weighted by Crippen LogP contribution is -2.38. The summed E-state index contributed by atoms with van der Waals surface area (Å²) in [7, 11) is -1.39. The lowest BCUT2D eigenvalue weighted by molar-refractivity contribution is -0.128. The Morgan fingerprint density at radius 2 is 1.97 bits per heavy atom. The molecule has 1 aliphatic heterocycles. The van der Waals surface area contributed by atoms with Gasteiger partial charge in [-0.3, -0.25) is 9.36 Å². The van der Waals surface area contributed by atoms with E-state index in [0.29, 0.717) is 22.4 Å². The molecule has 0 aliphatic carbocycles. The van der Waals surface area contributed by atoms with E-state index in [1.165, 1.54) is 11.8 Å². The molecule has 168 valence electrons. The Kier molecular flexibility index (Phi) is 6.60. The molecular formula is C22H23ClN4O3S2. The van der Waals surface area contributed by atoms with Crippen molar-refractivity contribution in [3.05, 3.63) is 59.1 Å². The van der Waals surface area contributed by atoms with Gasteiger partial charge in [0.1, 0.15) is 0 Å². The van der Waals surface area contributed by atoms with E-state index in [2.05, 4.69) is 10.2 Å². The Bertz CT molecular complexity index is 1240. The van der Waals surface area contributed by atoms with Crippen LogP contribution in [0.25, 0.3) is 17.1 Å². The standard InChI is InChI=1S/C22H23ClN4O3S2/c1-15-4-3-5-18(12-15)27-21(16-6-8-17(23)9-7-16)24-25-22(27)31-13-20(28)26(2)19-10-11-32(29,30)14-19/h3-9,12,19H,10-11,13-14H2,1-2H3/t19-/m1/s1. The number of halogens is 1. The average Bonchev–Trinajstić information content (AvgIpc) is 3.35. The van der Waals surface area contributed by atoms with Gasteiger partial charge in [0, 0.05) is 29.4 Å². The number of nitrogens with zero attached hydrogens (tertiary/aromatic N) is 4. The van der Waals surface area contributed by atoms with Crippen LogP contribution in [0.15, 0.2) is 53.7 Å². The van der Waals surface area contributed by atoms with E-state index in [-0.39, 0.29) is 29.2 Å². The van der Waals surface area contributed by atoms with Crippen LogP contribution in [0, 0.1) is 6.92 Å². The highest BCUT2D eigenvalue weighted by Gasteiger charge is 2.32. The molecule has 0 radical (unpaired) electrons. The summed E-state index contributed by atoms with van der Waals surface area (Å²) in [6.07, 6.45) is 0.482. The number of hydrogen-bond donors (Lipinski definition) is 0. The van der Waals surface area contributed by atoms with Crippen molar-refractivity contribution in [2.75, 3.05) is 24.3 Å². The summed E-state index contributed by atoms with van der Waals surface area (Å²) in [6.45, 7) is 2.01. The number of carbonyl (C=O) groups excluding carboxylic acids is 1. The molecule has 7 nitrogen and oxygen atoms in total. The van der Waals surface area contributed by atoms with Crippen molar-refractivity contribution in [2.24, 2.45) is 0 Å². The Morgan fingerprint density at radius 1 is 1.22 bits per heavy atom. The molecule has 1 saturated heterocycles. The van der Waals surface area contributed by atoms with Gasteiger partial charge in [-0.1, -0.05) is 35.5 Å². The fourth-order valence-corrected chi connectivity index (χ4v) is 6.44. The van der Waals surface area contributed by atoms with Crippen LogP contribution in [0.3, 0.4) is 0 Å². The summed E-state index contributed by atoms with van der Waals surface area (Å²) in [6, 6.07) is 15.1. The predicted octanol–water partition coefficient (Wildman–Crippen LogP) is 3.63. The molecule has 10 heteroatoms. The van der Waals surface area contributed by atoms with Crippen LogP contribution < -0.4 is 0 Å². The van der Waals surface area contributed by atoms with Crippen molar-refractivity contribution in [2.45, 2.75) is 24.5 Å². The van der Waals surface area contributed by atoms with E-state index < -0.39 is 9.84 Å². The molecule has 1 atom stereocenters. The minimum Gasteiger partial charge on any atom is -0.341 e. The van der Waals surface area contributed by atoms with Gasteiger partial charge in [-0.05, 0) is 55.3 Å². The van der Waals surface area contributed by atoms with Crippen LogP contribution in [0.1, 0.15) is 12.0 Å². The number of sulfone groups is 1. The third-order valence-electron chi connectivity index (χ3n) is 5.47. The molecule has 1 fully saturated rings. The lowest BCUT2D eigenvalue weighted by atomic mass is 10.2. The van der Waals surface area contributed by atoms with Gasteiger partial charge >= 0.3 is 0 Å². The highest BCUT2D eigenvalue weighted by atomic mass is 35.5. The van der Waals surface area contributed by atoms with E-state index in [1.54, 1.807) is 24.1 Å². The van der Waals surface area contributed by atoms with Crippen molar-refractivity contribution in [3.8, 4) is 17.1 Å². The second-order valence-corrected chi connectivity index (χ2v) is 11.4. The number of carbonyl (C=O) groups is 1. The molecular weight excluding hydrogens is 468 g/mol. The third kappa shape index (κ3) is 5.00. The lowest BCUT2D eigenvalue weighted by Gasteiger charge is -2.23. The van der Waals surface area contributed by atoms with Crippen molar-refractivity contribution < 1.29 is 13.2 Å². The zero-order valence-electron chi connectivity index (χ0n) is 17.7. The quantitative estimate of drug-likeness (QED) is 0.490. The summed E-state index contributed by atoms with van der Waals surface area (Å²) < 4.78 is 25.4. The fraction of sp³-hybridized carbons (Fsp3) is 0.318. The van der Waals surface area contributed by atoms with Crippen LogP contribution in [0.2, 0.25) is 5.02 Å². The Labute approximate surface area is 196 Å². The molecule has 4 rings (SSSR count). The van der Waals surface area contributed by atoms with Crippen molar-refractivity contribution in [1.82, 2.24) is 19.7 Å². The smallest absolute Gasteiger partial charge is 0.233 e. The topological polar surface area (TPSA) is 85.2 Å². The molecule has 32 heavy (non-hydrogen) atoms. The molecule has 1 aromatic heterocycles. The average molecular weight is 491 g/mol. The largest absolute Gasteiger partial charge is 0.341 e. The maximum absolute atomic E-state index is 12.8. The minimum atomic E-state index is -3.05. The Morgan fingerprint density at radius 3 is 2.62 bits per heavy atom. The normalized spacial score (nSPS) is 17.4. The first kappa shape index (κ1) is 22.8. The molecule has 3 aromatic rings. The van der Waals surface area contributed by atoms with Gasteiger partial charge in [-0.15, -0.1) is 10.2 Å². The molecule has 0 saturated carbocycles. The molecule has 0 bridgehead atoms. The van der Waals surface area contributed by atoms with Gasteiger partial charge in [0.25, 0.3) is 0 Å². The first-order valence-corrected chi connectivity index (χ1v) is 13.3. The number of thioether (sulfide) groups is 1. The molecule has 0 spiro atoms. The van der Waals surface area contributed by atoms with Gasteiger partial charge < -0.3 is 4.90 Å². The van der Waals surface area contributed by atoms with Crippen LogP contribution in [-0.2, 0) is 14.6 Å². The molecule has 1 aliphatic rings. The number of hydrogen-bond acceptors (Lipinski definition) is 6. The van der Waals surface area contributed by atoms with Gasteiger partial charge in [0.05, 0.1) is 17.3 Å². The Hall–Kier alpha value is -2.36. The summed E-state index contributed by atoms with van der Waals surface area (Å²) in [5.41, 5.74) is 2.84. The van der Waals surface area contributed by atoms with E-state index in [4.69, 9.17) is 11.6 Å². The van der Waals surface area contributed by atoms with Crippen LogP contribution in [-0.4, -0.2) is 64.3 Å². The van der Waals surface area contributed by atoms with Gasteiger partial charge in [-0.2, -0.15) is 0 Å². The zero-order chi connectivity index (χ0) is 22.9. The number of benzene rings is 2. The Balaban J connectivity index is 1.60. The van der Waals surface area contributed by atoms with Gasteiger partial charge in [-0.25, -0.2) is 8.42 Å². The molecule has 0 N–H and O–H groups in total. The van der Waals surface area contributed by atoms with E-state index in [1.807, 2.05) is 47.9 Å². The number of rotatable bonds is 6. The van der Waals surface area contributed by atoms with Crippen molar-refractivity contribution in [3.63, 3.8) is 0 Å². The first-order chi connectivity index (χ1) is 15.2. The first-order valence-electron chi connectivity index (χ1n) is 10.1. The molecule has 2 heterocycles. The highest BCUT2D eigenvalue weighted by molar-refractivity contribution is 7.99. The van der Waals surface area contributed by atoms with Crippen LogP contribution >= 0.6 is 23.4 Å². The van der Waals surface area contributed by atoms with E-state index in [9.17, 15) is 13.2 Å². The highest BCUT2D eigenvalue weighted by Crippen LogP contribution is 2.29. The number of aromatic nitrogens is 3.